The first-order chi connectivity index (χ1) is 9.41. The molecule has 1 aromatic carbocycles. The van der Waals surface area contributed by atoms with E-state index in [1.165, 1.54) is 25.7 Å². The number of nitrogens with one attached hydrogen (secondary N) is 1. The first-order valence-corrected chi connectivity index (χ1v) is 8.07. The van der Waals surface area contributed by atoms with E-state index in [4.69, 9.17) is 29.0 Å². The second kappa shape index (κ2) is 6.65. The summed E-state index contributed by atoms with van der Waals surface area (Å²) in [6.07, 6.45) is 5.80. The third-order valence-corrected chi connectivity index (χ3v) is 5.22. The van der Waals surface area contributed by atoms with Gasteiger partial charge in [-0.3, -0.25) is 11.3 Å². The minimum absolute atomic E-state index is 0.266. The summed E-state index contributed by atoms with van der Waals surface area (Å²) in [6, 6.07) is 5.89. The summed E-state index contributed by atoms with van der Waals surface area (Å²) in [7, 11) is 0. The zero-order valence-electron chi connectivity index (χ0n) is 12.3. The Morgan fingerprint density at radius 3 is 2.55 bits per heavy atom. The second-order valence-corrected chi connectivity index (χ2v) is 7.56. The lowest BCUT2D eigenvalue weighted by molar-refractivity contribution is 0.161. The van der Waals surface area contributed by atoms with E-state index in [1.807, 2.05) is 18.2 Å². The van der Waals surface area contributed by atoms with Crippen LogP contribution in [0.2, 0.25) is 10.0 Å². The van der Waals surface area contributed by atoms with Crippen molar-refractivity contribution in [3.63, 3.8) is 0 Å². The van der Waals surface area contributed by atoms with Gasteiger partial charge in [-0.1, -0.05) is 37.0 Å². The summed E-state index contributed by atoms with van der Waals surface area (Å²) in [5.74, 6) is 6.40. The van der Waals surface area contributed by atoms with E-state index in [9.17, 15) is 0 Å². The van der Waals surface area contributed by atoms with Gasteiger partial charge in [0.2, 0.25) is 0 Å². The van der Waals surface area contributed by atoms with E-state index in [-0.39, 0.29) is 6.04 Å². The lowest BCUT2D eigenvalue weighted by Crippen LogP contribution is -2.44. The lowest BCUT2D eigenvalue weighted by Gasteiger charge is -2.38. The first kappa shape index (κ1) is 16.1. The molecule has 2 nitrogen and oxygen atoms in total. The maximum absolute atomic E-state index is 6.25. The SMILES string of the molecule is CC1(C)CCC(C(Cc2cc(Cl)ccc2Cl)NN)CC1. The number of nitrogens with two attached hydrogens (primary N) is 1. The molecule has 1 aliphatic carbocycles. The van der Waals surface area contributed by atoms with E-state index >= 15 is 0 Å². The van der Waals surface area contributed by atoms with E-state index < -0.39 is 0 Å². The molecule has 1 aliphatic rings. The highest BCUT2D eigenvalue weighted by atomic mass is 35.5. The summed E-state index contributed by atoms with van der Waals surface area (Å²) in [4.78, 5) is 0. The fraction of sp³-hybridized carbons (Fsp3) is 0.625. The van der Waals surface area contributed by atoms with Crippen LogP contribution in [0.25, 0.3) is 0 Å². The van der Waals surface area contributed by atoms with Crippen LogP contribution in [0, 0.1) is 11.3 Å². The lowest BCUT2D eigenvalue weighted by atomic mass is 9.70. The molecular weight excluding hydrogens is 291 g/mol. The van der Waals surface area contributed by atoms with Crippen LogP contribution >= 0.6 is 23.2 Å². The molecular formula is C16H24Cl2N2. The van der Waals surface area contributed by atoms with Crippen molar-refractivity contribution in [2.45, 2.75) is 52.0 Å². The van der Waals surface area contributed by atoms with Crippen LogP contribution in [0.1, 0.15) is 45.1 Å². The van der Waals surface area contributed by atoms with Crippen LogP contribution in [-0.2, 0) is 6.42 Å². The predicted octanol–water partition coefficient (Wildman–Crippen LogP) is 4.58. The summed E-state index contributed by atoms with van der Waals surface area (Å²) < 4.78 is 0. The molecule has 4 heteroatoms. The Bertz CT molecular complexity index is 450. The molecule has 1 aromatic rings. The van der Waals surface area contributed by atoms with Crippen LogP contribution in [0.3, 0.4) is 0 Å². The average Bonchev–Trinajstić information content (AvgIpc) is 2.40. The number of rotatable bonds is 4. The largest absolute Gasteiger partial charge is 0.271 e. The van der Waals surface area contributed by atoms with Gasteiger partial charge in [-0.05, 0) is 67.2 Å². The molecule has 1 atom stereocenters. The van der Waals surface area contributed by atoms with Gasteiger partial charge in [0.15, 0.2) is 0 Å². The Labute approximate surface area is 132 Å². The van der Waals surface area contributed by atoms with Gasteiger partial charge < -0.3 is 0 Å². The molecule has 20 heavy (non-hydrogen) atoms. The molecule has 1 saturated carbocycles. The van der Waals surface area contributed by atoms with E-state index in [2.05, 4.69) is 19.3 Å². The van der Waals surface area contributed by atoms with Crippen LogP contribution in [0.5, 0.6) is 0 Å². The molecule has 1 fully saturated rings. The van der Waals surface area contributed by atoms with E-state index in [0.29, 0.717) is 11.3 Å². The number of hydrazine groups is 1. The van der Waals surface area contributed by atoms with Gasteiger partial charge in [0.1, 0.15) is 0 Å². The van der Waals surface area contributed by atoms with Crippen molar-refractivity contribution in [1.82, 2.24) is 5.43 Å². The Hall–Kier alpha value is -0.280. The third kappa shape index (κ3) is 4.11. The van der Waals surface area contributed by atoms with Crippen molar-refractivity contribution in [3.05, 3.63) is 33.8 Å². The van der Waals surface area contributed by atoms with Crippen molar-refractivity contribution in [2.24, 2.45) is 17.2 Å². The minimum Gasteiger partial charge on any atom is -0.271 e. The topological polar surface area (TPSA) is 38.0 Å². The fourth-order valence-corrected chi connectivity index (χ4v) is 3.51. The quantitative estimate of drug-likeness (QED) is 0.630. The van der Waals surface area contributed by atoms with Crippen LogP contribution in [-0.4, -0.2) is 6.04 Å². The second-order valence-electron chi connectivity index (χ2n) is 6.71. The molecule has 0 aromatic heterocycles. The van der Waals surface area contributed by atoms with Crippen LogP contribution < -0.4 is 11.3 Å². The highest BCUT2D eigenvalue weighted by Gasteiger charge is 2.31. The van der Waals surface area contributed by atoms with Crippen molar-refractivity contribution in [3.8, 4) is 0 Å². The van der Waals surface area contributed by atoms with Crippen molar-refractivity contribution in [2.75, 3.05) is 0 Å². The monoisotopic (exact) mass is 314 g/mol. The number of hydrogen-bond acceptors (Lipinski definition) is 2. The summed E-state index contributed by atoms with van der Waals surface area (Å²) in [5.41, 5.74) is 4.54. The average molecular weight is 315 g/mol. The van der Waals surface area contributed by atoms with Gasteiger partial charge in [-0.15, -0.1) is 0 Å². The standard InChI is InChI=1S/C16H24Cl2N2/c1-16(2)7-5-11(6-8-16)15(20-19)10-12-9-13(17)3-4-14(12)18/h3-4,9,11,15,20H,5-8,10,19H2,1-2H3. The van der Waals surface area contributed by atoms with Gasteiger partial charge in [0.05, 0.1) is 0 Å². The van der Waals surface area contributed by atoms with Gasteiger partial charge >= 0.3 is 0 Å². The number of hydrogen-bond donors (Lipinski definition) is 2. The molecule has 0 saturated heterocycles. The van der Waals surface area contributed by atoms with Gasteiger partial charge in [-0.25, -0.2) is 0 Å². The molecule has 0 bridgehead atoms. The molecule has 112 valence electrons. The first-order valence-electron chi connectivity index (χ1n) is 7.31. The highest BCUT2D eigenvalue weighted by molar-refractivity contribution is 6.33. The van der Waals surface area contributed by atoms with Crippen molar-refractivity contribution in [1.29, 1.82) is 0 Å². The molecule has 0 radical (unpaired) electrons. The van der Waals surface area contributed by atoms with Crippen LogP contribution in [0.4, 0.5) is 0 Å². The molecule has 3 N–H and O–H groups in total. The molecule has 0 spiro atoms. The molecule has 0 heterocycles. The fourth-order valence-electron chi connectivity index (χ4n) is 3.12. The zero-order valence-corrected chi connectivity index (χ0v) is 13.8. The van der Waals surface area contributed by atoms with E-state index in [0.717, 1.165) is 22.0 Å². The van der Waals surface area contributed by atoms with Gasteiger partial charge in [-0.2, -0.15) is 0 Å². The van der Waals surface area contributed by atoms with Crippen molar-refractivity contribution >= 4 is 23.2 Å². The Kier molecular flexibility index (Phi) is 5.36. The smallest absolute Gasteiger partial charge is 0.0439 e. The summed E-state index contributed by atoms with van der Waals surface area (Å²) >= 11 is 12.3. The molecule has 1 unspecified atom stereocenters. The molecule has 2 rings (SSSR count). The van der Waals surface area contributed by atoms with Crippen molar-refractivity contribution < 1.29 is 0 Å². The number of benzene rings is 1. The minimum atomic E-state index is 0.266. The maximum atomic E-state index is 6.25. The predicted molar refractivity (Wildman–Crippen MR) is 87.0 cm³/mol. The Morgan fingerprint density at radius 1 is 1.30 bits per heavy atom. The normalized spacial score (nSPS) is 20.9. The summed E-state index contributed by atoms with van der Waals surface area (Å²) in [5, 5.41) is 1.50. The molecule has 0 amide bonds. The maximum Gasteiger partial charge on any atom is 0.0439 e. The van der Waals surface area contributed by atoms with E-state index in [1.54, 1.807) is 0 Å². The zero-order chi connectivity index (χ0) is 14.8. The van der Waals surface area contributed by atoms with Gasteiger partial charge in [0.25, 0.3) is 0 Å². The number of halogens is 2. The third-order valence-electron chi connectivity index (χ3n) is 4.61. The Balaban J connectivity index is 2.04. The summed E-state index contributed by atoms with van der Waals surface area (Å²) in [6.45, 7) is 4.70. The van der Waals surface area contributed by atoms with Crippen LogP contribution in [0.15, 0.2) is 18.2 Å². The Morgan fingerprint density at radius 2 is 1.95 bits per heavy atom. The highest BCUT2D eigenvalue weighted by Crippen LogP contribution is 2.39. The molecule has 0 aliphatic heterocycles. The van der Waals surface area contributed by atoms with Gasteiger partial charge in [0, 0.05) is 16.1 Å².